The molecule has 2 amide bonds. The van der Waals surface area contributed by atoms with Crippen LogP contribution < -0.4 is 11.1 Å². The van der Waals surface area contributed by atoms with Crippen LogP contribution in [-0.4, -0.2) is 26.8 Å². The van der Waals surface area contributed by atoms with E-state index in [4.69, 9.17) is 5.73 Å². The lowest BCUT2D eigenvalue weighted by atomic mass is 10.1. The molecule has 0 bridgehead atoms. The molecular formula is C19H19N5O2. The summed E-state index contributed by atoms with van der Waals surface area (Å²) in [7, 11) is 0. The summed E-state index contributed by atoms with van der Waals surface area (Å²) in [5.74, 6) is -0.734. The van der Waals surface area contributed by atoms with Crippen molar-refractivity contribution in [2.45, 2.75) is 19.9 Å². The van der Waals surface area contributed by atoms with Crippen molar-refractivity contribution in [2.24, 2.45) is 5.73 Å². The third kappa shape index (κ3) is 3.61. The summed E-state index contributed by atoms with van der Waals surface area (Å²) >= 11 is 0. The molecule has 3 N–H and O–H groups in total. The Kier molecular flexibility index (Phi) is 4.79. The van der Waals surface area contributed by atoms with Gasteiger partial charge in [0.25, 0.3) is 11.8 Å². The summed E-state index contributed by atoms with van der Waals surface area (Å²) in [6.45, 7) is 3.83. The summed E-state index contributed by atoms with van der Waals surface area (Å²) in [6, 6.07) is 14.8. The van der Waals surface area contributed by atoms with Gasteiger partial charge in [0, 0.05) is 5.56 Å². The zero-order chi connectivity index (χ0) is 18.7. The largest absolute Gasteiger partial charge is 0.364 e. The van der Waals surface area contributed by atoms with Crippen LogP contribution in [0.4, 0.5) is 0 Å². The van der Waals surface area contributed by atoms with E-state index in [9.17, 15) is 9.59 Å². The Morgan fingerprint density at radius 3 is 2.42 bits per heavy atom. The minimum atomic E-state index is -0.625. The molecule has 26 heavy (non-hydrogen) atoms. The lowest BCUT2D eigenvalue weighted by Crippen LogP contribution is -2.27. The average molecular weight is 349 g/mol. The van der Waals surface area contributed by atoms with E-state index in [-0.39, 0.29) is 17.6 Å². The Hall–Kier alpha value is -3.48. The van der Waals surface area contributed by atoms with Crippen LogP contribution in [0.1, 0.15) is 44.9 Å². The Morgan fingerprint density at radius 2 is 1.81 bits per heavy atom. The summed E-state index contributed by atoms with van der Waals surface area (Å²) in [5.41, 5.74) is 8.57. The van der Waals surface area contributed by atoms with Gasteiger partial charge in [-0.2, -0.15) is 0 Å². The van der Waals surface area contributed by atoms with Gasteiger partial charge >= 0.3 is 0 Å². The van der Waals surface area contributed by atoms with E-state index in [1.165, 1.54) is 10.9 Å². The fourth-order valence-electron chi connectivity index (χ4n) is 2.60. The topological polar surface area (TPSA) is 103 Å². The SMILES string of the molecule is Cc1ccccc1C(=O)NC(C)c1ccc(-n2cc(C(N)=O)nn2)cc1. The number of carbonyl (C=O) groups excluding carboxylic acids is 2. The van der Waals surface area contributed by atoms with Crippen molar-refractivity contribution in [1.82, 2.24) is 20.3 Å². The highest BCUT2D eigenvalue weighted by Gasteiger charge is 2.13. The average Bonchev–Trinajstić information content (AvgIpc) is 3.12. The molecule has 0 aliphatic rings. The number of hydrogen-bond donors (Lipinski definition) is 2. The molecule has 2 aromatic carbocycles. The molecule has 0 aliphatic carbocycles. The number of benzene rings is 2. The molecule has 0 spiro atoms. The smallest absolute Gasteiger partial charge is 0.270 e. The number of carbonyl (C=O) groups is 2. The van der Waals surface area contributed by atoms with Gasteiger partial charge in [-0.1, -0.05) is 35.5 Å². The van der Waals surface area contributed by atoms with E-state index in [1.54, 1.807) is 0 Å². The highest BCUT2D eigenvalue weighted by Crippen LogP contribution is 2.17. The molecule has 7 heteroatoms. The van der Waals surface area contributed by atoms with Crippen molar-refractivity contribution < 1.29 is 9.59 Å². The molecule has 1 unspecified atom stereocenters. The van der Waals surface area contributed by atoms with Crippen molar-refractivity contribution in [3.05, 3.63) is 77.1 Å². The van der Waals surface area contributed by atoms with E-state index in [0.717, 1.165) is 16.8 Å². The number of rotatable bonds is 5. The van der Waals surface area contributed by atoms with E-state index in [0.29, 0.717) is 5.56 Å². The second-order valence-electron chi connectivity index (χ2n) is 6.01. The highest BCUT2D eigenvalue weighted by atomic mass is 16.2. The molecule has 0 fully saturated rings. The molecule has 0 saturated heterocycles. The van der Waals surface area contributed by atoms with Crippen LogP contribution in [0.3, 0.4) is 0 Å². The molecule has 0 aliphatic heterocycles. The number of hydrogen-bond acceptors (Lipinski definition) is 4. The van der Waals surface area contributed by atoms with Crippen molar-refractivity contribution in [2.75, 3.05) is 0 Å². The Labute approximate surface area is 150 Å². The molecule has 0 saturated carbocycles. The van der Waals surface area contributed by atoms with E-state index < -0.39 is 5.91 Å². The molecule has 1 aromatic heterocycles. The normalized spacial score (nSPS) is 11.8. The number of primary amides is 1. The third-order valence-corrected chi connectivity index (χ3v) is 4.14. The second-order valence-corrected chi connectivity index (χ2v) is 6.01. The number of nitrogens with one attached hydrogen (secondary N) is 1. The summed E-state index contributed by atoms with van der Waals surface area (Å²) < 4.78 is 1.47. The van der Waals surface area contributed by atoms with Gasteiger partial charge in [-0.15, -0.1) is 5.10 Å². The summed E-state index contributed by atoms with van der Waals surface area (Å²) in [6.07, 6.45) is 1.47. The van der Waals surface area contributed by atoms with Crippen LogP contribution in [-0.2, 0) is 0 Å². The lowest BCUT2D eigenvalue weighted by molar-refractivity contribution is 0.0938. The van der Waals surface area contributed by atoms with Gasteiger partial charge in [0.2, 0.25) is 0 Å². The quantitative estimate of drug-likeness (QED) is 0.737. The van der Waals surface area contributed by atoms with Crippen LogP contribution in [0.5, 0.6) is 0 Å². The predicted octanol–water partition coefficient (Wildman–Crippen LogP) is 2.17. The van der Waals surface area contributed by atoms with Crippen molar-refractivity contribution in [3.63, 3.8) is 0 Å². The molecule has 132 valence electrons. The number of aromatic nitrogens is 3. The number of nitrogens with zero attached hydrogens (tertiary/aromatic N) is 3. The lowest BCUT2D eigenvalue weighted by Gasteiger charge is -2.15. The molecular weight excluding hydrogens is 330 g/mol. The van der Waals surface area contributed by atoms with Gasteiger partial charge in [-0.3, -0.25) is 9.59 Å². The predicted molar refractivity (Wildman–Crippen MR) is 96.9 cm³/mol. The van der Waals surface area contributed by atoms with Gasteiger partial charge in [0.05, 0.1) is 17.9 Å². The first-order chi connectivity index (χ1) is 12.5. The number of nitrogens with two attached hydrogens (primary N) is 1. The van der Waals surface area contributed by atoms with Crippen molar-refractivity contribution in [1.29, 1.82) is 0 Å². The molecule has 3 aromatic rings. The molecule has 1 atom stereocenters. The maximum absolute atomic E-state index is 12.4. The number of aryl methyl sites for hydroxylation is 1. The Bertz CT molecular complexity index is 947. The van der Waals surface area contributed by atoms with Crippen LogP contribution in [0.2, 0.25) is 0 Å². The second kappa shape index (κ2) is 7.18. The number of amides is 2. The maximum atomic E-state index is 12.4. The molecule has 7 nitrogen and oxygen atoms in total. The van der Waals surface area contributed by atoms with Crippen LogP contribution in [0.15, 0.2) is 54.7 Å². The first kappa shape index (κ1) is 17.3. The minimum absolute atomic E-state index is 0.105. The van der Waals surface area contributed by atoms with Crippen LogP contribution >= 0.6 is 0 Å². The van der Waals surface area contributed by atoms with Gasteiger partial charge in [0.15, 0.2) is 5.69 Å². The third-order valence-electron chi connectivity index (χ3n) is 4.14. The fourth-order valence-corrected chi connectivity index (χ4v) is 2.60. The molecule has 1 heterocycles. The minimum Gasteiger partial charge on any atom is -0.364 e. The Morgan fingerprint density at radius 1 is 1.12 bits per heavy atom. The first-order valence-corrected chi connectivity index (χ1v) is 8.14. The van der Waals surface area contributed by atoms with Gasteiger partial charge in [-0.05, 0) is 43.2 Å². The van der Waals surface area contributed by atoms with E-state index >= 15 is 0 Å². The van der Waals surface area contributed by atoms with E-state index in [1.807, 2.05) is 62.4 Å². The van der Waals surface area contributed by atoms with Crippen LogP contribution in [0.25, 0.3) is 5.69 Å². The molecule has 3 rings (SSSR count). The zero-order valence-corrected chi connectivity index (χ0v) is 14.5. The fraction of sp³-hybridized carbons (Fsp3) is 0.158. The summed E-state index contributed by atoms with van der Waals surface area (Å²) in [5, 5.41) is 10.6. The highest BCUT2D eigenvalue weighted by molar-refractivity contribution is 5.95. The zero-order valence-electron chi connectivity index (χ0n) is 14.5. The van der Waals surface area contributed by atoms with E-state index in [2.05, 4.69) is 15.6 Å². The van der Waals surface area contributed by atoms with Gasteiger partial charge in [0.1, 0.15) is 0 Å². The monoisotopic (exact) mass is 349 g/mol. The van der Waals surface area contributed by atoms with Crippen molar-refractivity contribution >= 4 is 11.8 Å². The Balaban J connectivity index is 1.72. The van der Waals surface area contributed by atoms with Gasteiger partial charge in [-0.25, -0.2) is 4.68 Å². The standard InChI is InChI=1S/C19H19N5O2/c1-12-5-3-4-6-16(12)19(26)21-13(2)14-7-9-15(10-8-14)24-11-17(18(20)25)22-23-24/h3-11,13H,1-2H3,(H2,20,25)(H,21,26). The molecule has 0 radical (unpaired) electrons. The summed E-state index contributed by atoms with van der Waals surface area (Å²) in [4.78, 5) is 23.5. The van der Waals surface area contributed by atoms with Crippen LogP contribution in [0, 0.1) is 6.92 Å². The maximum Gasteiger partial charge on any atom is 0.270 e. The first-order valence-electron chi connectivity index (χ1n) is 8.14. The van der Waals surface area contributed by atoms with Crippen molar-refractivity contribution in [3.8, 4) is 5.69 Å². The van der Waals surface area contributed by atoms with Gasteiger partial charge < -0.3 is 11.1 Å².